The zero-order chi connectivity index (χ0) is 12.4. The molecule has 4 heteroatoms. The Labute approximate surface area is 115 Å². The van der Waals surface area contributed by atoms with E-state index in [1.54, 1.807) is 0 Å². The Morgan fingerprint density at radius 3 is 2.78 bits per heavy atom. The molecule has 0 amide bonds. The fourth-order valence-corrected chi connectivity index (χ4v) is 2.63. The molecule has 1 unspecified atom stereocenters. The summed E-state index contributed by atoms with van der Waals surface area (Å²) >= 11 is 3.46. The molecule has 3 rings (SSSR count). The zero-order valence-electron chi connectivity index (χ0n) is 10.0. The zero-order valence-corrected chi connectivity index (χ0v) is 11.6. The number of hydrogen-bond acceptors (Lipinski definition) is 2. The van der Waals surface area contributed by atoms with E-state index in [2.05, 4.69) is 38.3 Å². The van der Waals surface area contributed by atoms with Crippen molar-refractivity contribution in [1.82, 2.24) is 10.2 Å². The molecule has 1 saturated heterocycles. The molecule has 0 spiro atoms. The predicted molar refractivity (Wildman–Crippen MR) is 74.3 cm³/mol. The highest BCUT2D eigenvalue weighted by molar-refractivity contribution is 9.10. The lowest BCUT2D eigenvalue weighted by molar-refractivity contribution is 0.0126. The number of hydrogen-bond donors (Lipinski definition) is 1. The van der Waals surface area contributed by atoms with Gasteiger partial charge in [-0.25, -0.2) is 0 Å². The van der Waals surface area contributed by atoms with Crippen molar-refractivity contribution in [3.05, 3.63) is 40.6 Å². The van der Waals surface area contributed by atoms with Crippen molar-refractivity contribution < 1.29 is 4.74 Å². The number of aromatic amines is 1. The minimum absolute atomic E-state index is 0.167. The SMILES string of the molecule is Brc1ccc(-c2cn[nH]c2C2CCCCO2)cc1. The summed E-state index contributed by atoms with van der Waals surface area (Å²) in [4.78, 5) is 0. The van der Waals surface area contributed by atoms with Gasteiger partial charge < -0.3 is 4.74 Å². The summed E-state index contributed by atoms with van der Waals surface area (Å²) < 4.78 is 6.92. The van der Waals surface area contributed by atoms with Crippen LogP contribution in [0, 0.1) is 0 Å². The van der Waals surface area contributed by atoms with Crippen molar-refractivity contribution in [1.29, 1.82) is 0 Å². The number of rotatable bonds is 2. The number of aromatic nitrogens is 2. The van der Waals surface area contributed by atoms with E-state index in [4.69, 9.17) is 4.74 Å². The first-order chi connectivity index (χ1) is 8.84. The van der Waals surface area contributed by atoms with Crippen LogP contribution in [0.2, 0.25) is 0 Å². The van der Waals surface area contributed by atoms with Crippen LogP contribution < -0.4 is 0 Å². The maximum atomic E-state index is 5.83. The van der Waals surface area contributed by atoms with Crippen LogP contribution in [0.5, 0.6) is 0 Å². The third kappa shape index (κ3) is 2.35. The van der Waals surface area contributed by atoms with E-state index in [-0.39, 0.29) is 6.10 Å². The van der Waals surface area contributed by atoms with Gasteiger partial charge in [-0.1, -0.05) is 28.1 Å². The number of nitrogens with one attached hydrogen (secondary N) is 1. The van der Waals surface area contributed by atoms with E-state index in [0.717, 1.165) is 35.2 Å². The normalized spacial score (nSPS) is 19.9. The van der Waals surface area contributed by atoms with E-state index < -0.39 is 0 Å². The summed E-state index contributed by atoms with van der Waals surface area (Å²) in [5.41, 5.74) is 3.43. The molecule has 1 N–H and O–H groups in total. The Kier molecular flexibility index (Phi) is 3.48. The number of benzene rings is 1. The molecule has 1 atom stereocenters. The van der Waals surface area contributed by atoms with Gasteiger partial charge >= 0.3 is 0 Å². The summed E-state index contributed by atoms with van der Waals surface area (Å²) in [7, 11) is 0. The van der Waals surface area contributed by atoms with Crippen LogP contribution in [0.4, 0.5) is 0 Å². The molecule has 0 saturated carbocycles. The fraction of sp³-hybridized carbons (Fsp3) is 0.357. The molecule has 94 valence electrons. The quantitative estimate of drug-likeness (QED) is 0.908. The molecule has 3 nitrogen and oxygen atoms in total. The largest absolute Gasteiger partial charge is 0.372 e. The van der Waals surface area contributed by atoms with Crippen LogP contribution in [0.3, 0.4) is 0 Å². The highest BCUT2D eigenvalue weighted by Gasteiger charge is 2.21. The molecule has 1 aliphatic heterocycles. The van der Waals surface area contributed by atoms with E-state index in [9.17, 15) is 0 Å². The van der Waals surface area contributed by atoms with Crippen LogP contribution in [0.25, 0.3) is 11.1 Å². The monoisotopic (exact) mass is 306 g/mol. The van der Waals surface area contributed by atoms with Crippen molar-refractivity contribution in [2.24, 2.45) is 0 Å². The second kappa shape index (κ2) is 5.24. The number of halogens is 1. The standard InChI is InChI=1S/C14H15BrN2O/c15-11-6-4-10(5-7-11)12-9-16-17-14(12)13-3-1-2-8-18-13/h4-7,9,13H,1-3,8H2,(H,16,17). The van der Waals surface area contributed by atoms with Crippen molar-refractivity contribution in [3.8, 4) is 11.1 Å². The van der Waals surface area contributed by atoms with Gasteiger partial charge in [0.2, 0.25) is 0 Å². The molecule has 18 heavy (non-hydrogen) atoms. The summed E-state index contributed by atoms with van der Waals surface area (Å²) in [5, 5.41) is 7.28. The molecule has 1 fully saturated rings. The van der Waals surface area contributed by atoms with Crippen LogP contribution in [-0.2, 0) is 4.74 Å². The summed E-state index contributed by atoms with van der Waals surface area (Å²) in [6.07, 6.45) is 5.52. The lowest BCUT2D eigenvalue weighted by Crippen LogP contribution is -2.12. The summed E-state index contributed by atoms with van der Waals surface area (Å²) in [5.74, 6) is 0. The lowest BCUT2D eigenvalue weighted by Gasteiger charge is -2.22. The molecular formula is C14H15BrN2O. The Morgan fingerprint density at radius 1 is 1.22 bits per heavy atom. The molecule has 0 bridgehead atoms. The van der Waals surface area contributed by atoms with Gasteiger partial charge in [0.25, 0.3) is 0 Å². The molecule has 1 aliphatic rings. The first-order valence-corrected chi connectivity index (χ1v) is 7.05. The maximum Gasteiger partial charge on any atom is 0.0995 e. The maximum absolute atomic E-state index is 5.83. The van der Waals surface area contributed by atoms with E-state index in [1.165, 1.54) is 12.0 Å². The van der Waals surface area contributed by atoms with Gasteiger partial charge in [0.1, 0.15) is 0 Å². The molecule has 2 heterocycles. The Morgan fingerprint density at radius 2 is 2.06 bits per heavy atom. The van der Waals surface area contributed by atoms with Gasteiger partial charge in [0.05, 0.1) is 18.0 Å². The second-order valence-corrected chi connectivity index (χ2v) is 5.48. The number of ether oxygens (including phenoxy) is 1. The van der Waals surface area contributed by atoms with E-state index in [0.29, 0.717) is 0 Å². The van der Waals surface area contributed by atoms with Crippen LogP contribution in [0.1, 0.15) is 31.1 Å². The Bertz CT molecular complexity index is 515. The number of H-pyrrole nitrogens is 1. The Hall–Kier alpha value is -1.13. The predicted octanol–water partition coefficient (Wildman–Crippen LogP) is 4.08. The summed E-state index contributed by atoms with van der Waals surface area (Å²) in [6, 6.07) is 8.30. The molecule has 0 radical (unpaired) electrons. The third-order valence-electron chi connectivity index (χ3n) is 3.33. The number of nitrogens with zero attached hydrogens (tertiary/aromatic N) is 1. The van der Waals surface area contributed by atoms with Gasteiger partial charge in [0, 0.05) is 16.6 Å². The minimum atomic E-state index is 0.167. The topological polar surface area (TPSA) is 37.9 Å². The van der Waals surface area contributed by atoms with Crippen molar-refractivity contribution in [3.63, 3.8) is 0 Å². The highest BCUT2D eigenvalue weighted by atomic mass is 79.9. The molecule has 1 aromatic carbocycles. The fourth-order valence-electron chi connectivity index (χ4n) is 2.37. The van der Waals surface area contributed by atoms with Gasteiger partial charge in [-0.3, -0.25) is 5.10 Å². The molecule has 1 aromatic heterocycles. The third-order valence-corrected chi connectivity index (χ3v) is 3.85. The van der Waals surface area contributed by atoms with Crippen LogP contribution in [-0.4, -0.2) is 16.8 Å². The van der Waals surface area contributed by atoms with Crippen LogP contribution in [0.15, 0.2) is 34.9 Å². The van der Waals surface area contributed by atoms with Gasteiger partial charge in [-0.05, 0) is 37.0 Å². The first-order valence-electron chi connectivity index (χ1n) is 6.25. The van der Waals surface area contributed by atoms with Crippen molar-refractivity contribution in [2.75, 3.05) is 6.61 Å². The van der Waals surface area contributed by atoms with Crippen LogP contribution >= 0.6 is 15.9 Å². The average molecular weight is 307 g/mol. The van der Waals surface area contributed by atoms with Gasteiger partial charge in [-0.15, -0.1) is 0 Å². The van der Waals surface area contributed by atoms with E-state index in [1.807, 2.05) is 18.3 Å². The minimum Gasteiger partial charge on any atom is -0.372 e. The lowest BCUT2D eigenvalue weighted by atomic mass is 9.99. The van der Waals surface area contributed by atoms with Gasteiger partial charge in [-0.2, -0.15) is 5.10 Å². The smallest absolute Gasteiger partial charge is 0.0995 e. The van der Waals surface area contributed by atoms with Gasteiger partial charge in [0.15, 0.2) is 0 Å². The van der Waals surface area contributed by atoms with Crippen molar-refractivity contribution in [2.45, 2.75) is 25.4 Å². The highest BCUT2D eigenvalue weighted by Crippen LogP contribution is 2.33. The molecule has 2 aromatic rings. The average Bonchev–Trinajstić information content (AvgIpc) is 2.90. The second-order valence-electron chi connectivity index (χ2n) is 4.56. The van der Waals surface area contributed by atoms with Crippen molar-refractivity contribution >= 4 is 15.9 Å². The van der Waals surface area contributed by atoms with E-state index >= 15 is 0 Å². The first kappa shape index (κ1) is 11.9. The molecular weight excluding hydrogens is 292 g/mol. The molecule has 0 aliphatic carbocycles. The summed E-state index contributed by atoms with van der Waals surface area (Å²) in [6.45, 7) is 0.851. The Balaban J connectivity index is 1.93.